The van der Waals surface area contributed by atoms with Crippen molar-refractivity contribution in [2.24, 2.45) is 5.73 Å². The zero-order chi connectivity index (χ0) is 23.4. The molecule has 33 heavy (non-hydrogen) atoms. The van der Waals surface area contributed by atoms with Crippen molar-refractivity contribution in [1.29, 1.82) is 0 Å². The van der Waals surface area contributed by atoms with E-state index in [9.17, 15) is 9.59 Å². The fourth-order valence-corrected chi connectivity index (χ4v) is 3.76. The van der Waals surface area contributed by atoms with Gasteiger partial charge in [-0.05, 0) is 44.2 Å². The molecule has 1 amide bonds. The summed E-state index contributed by atoms with van der Waals surface area (Å²) in [4.78, 5) is 29.0. The van der Waals surface area contributed by atoms with Gasteiger partial charge >= 0.3 is 0 Å². The van der Waals surface area contributed by atoms with Gasteiger partial charge < -0.3 is 30.8 Å². The van der Waals surface area contributed by atoms with Crippen LogP contribution in [0.25, 0.3) is 5.65 Å². The first-order chi connectivity index (χ1) is 16.0. The molecule has 2 aliphatic rings. The maximum Gasteiger partial charge on any atom is 0.274 e. The Morgan fingerprint density at radius 3 is 2.61 bits per heavy atom. The first-order valence-electron chi connectivity index (χ1n) is 11.1. The third-order valence-electron chi connectivity index (χ3n) is 5.89. The Kier molecular flexibility index (Phi) is 6.90. The number of carbonyl (C=O) groups excluding carboxylic acids is 1. The number of fused-ring (bicyclic) bond motifs is 1. The summed E-state index contributed by atoms with van der Waals surface area (Å²) >= 11 is 0. The molecule has 0 radical (unpaired) electrons. The number of nitrogens with one attached hydrogen (secondary N) is 2. The molecule has 0 unspecified atom stereocenters. The fourth-order valence-electron chi connectivity index (χ4n) is 3.76. The SMILES string of the molecule is CNc1cc(Nc2cccn(C3CCOCC3)c2=O)nc2c(C(N)=O)cnn12.OC1CCC1. The van der Waals surface area contributed by atoms with Crippen molar-refractivity contribution in [1.82, 2.24) is 19.2 Å². The van der Waals surface area contributed by atoms with Crippen LogP contribution in [-0.4, -0.2) is 56.5 Å². The van der Waals surface area contributed by atoms with Gasteiger partial charge in [0.25, 0.3) is 11.5 Å². The predicted molar refractivity (Wildman–Crippen MR) is 124 cm³/mol. The van der Waals surface area contributed by atoms with Gasteiger partial charge in [-0.3, -0.25) is 9.59 Å². The summed E-state index contributed by atoms with van der Waals surface area (Å²) in [6.07, 6.45) is 8.15. The average Bonchev–Trinajstić information content (AvgIpc) is 3.24. The Hall–Kier alpha value is -3.44. The summed E-state index contributed by atoms with van der Waals surface area (Å²) < 4.78 is 8.60. The monoisotopic (exact) mass is 455 g/mol. The highest BCUT2D eigenvalue weighted by Gasteiger charge is 2.19. The van der Waals surface area contributed by atoms with E-state index in [4.69, 9.17) is 15.6 Å². The van der Waals surface area contributed by atoms with Crippen molar-refractivity contribution in [2.45, 2.75) is 44.2 Å². The second-order valence-electron chi connectivity index (χ2n) is 8.12. The molecule has 0 atom stereocenters. The molecular weight excluding hydrogens is 426 g/mol. The lowest BCUT2D eigenvalue weighted by atomic mass is 9.97. The predicted octanol–water partition coefficient (Wildman–Crippen LogP) is 1.66. The highest BCUT2D eigenvalue weighted by Crippen LogP contribution is 2.22. The van der Waals surface area contributed by atoms with Gasteiger partial charge in [-0.2, -0.15) is 9.61 Å². The molecule has 1 saturated carbocycles. The van der Waals surface area contributed by atoms with Crippen molar-refractivity contribution >= 4 is 28.9 Å². The summed E-state index contributed by atoms with van der Waals surface area (Å²) in [6, 6.07) is 5.34. The molecule has 0 spiro atoms. The summed E-state index contributed by atoms with van der Waals surface area (Å²) in [7, 11) is 1.73. The van der Waals surface area contributed by atoms with Gasteiger partial charge in [0, 0.05) is 38.6 Å². The minimum absolute atomic E-state index is 0.0648. The van der Waals surface area contributed by atoms with Crippen LogP contribution < -0.4 is 21.9 Å². The highest BCUT2D eigenvalue weighted by molar-refractivity contribution is 5.98. The van der Waals surface area contributed by atoms with E-state index in [0.717, 1.165) is 25.7 Å². The topological polar surface area (TPSA) is 149 Å². The first kappa shape index (κ1) is 22.7. The Balaban J connectivity index is 0.000000459. The van der Waals surface area contributed by atoms with Crippen molar-refractivity contribution < 1.29 is 14.6 Å². The van der Waals surface area contributed by atoms with Gasteiger partial charge in [0.2, 0.25) is 0 Å². The minimum atomic E-state index is -0.622. The molecule has 176 valence electrons. The van der Waals surface area contributed by atoms with Gasteiger partial charge in [0.05, 0.1) is 12.3 Å². The Bertz CT molecular complexity index is 1180. The lowest BCUT2D eigenvalue weighted by Crippen LogP contribution is -2.29. The molecule has 4 heterocycles. The van der Waals surface area contributed by atoms with E-state index in [-0.39, 0.29) is 23.3 Å². The van der Waals surface area contributed by atoms with Crippen LogP contribution in [0.3, 0.4) is 0 Å². The van der Waals surface area contributed by atoms with E-state index in [1.165, 1.54) is 17.1 Å². The van der Waals surface area contributed by atoms with Gasteiger partial charge in [0.1, 0.15) is 22.9 Å². The number of hydrogen-bond donors (Lipinski definition) is 4. The first-order valence-corrected chi connectivity index (χ1v) is 11.1. The van der Waals surface area contributed by atoms with Crippen LogP contribution in [0.4, 0.5) is 17.3 Å². The van der Waals surface area contributed by atoms with Crippen LogP contribution in [-0.2, 0) is 4.74 Å². The van der Waals surface area contributed by atoms with Gasteiger partial charge in [0.15, 0.2) is 5.65 Å². The van der Waals surface area contributed by atoms with Crippen molar-refractivity contribution in [2.75, 3.05) is 30.9 Å². The Labute approximate surface area is 190 Å². The van der Waals surface area contributed by atoms with E-state index in [1.807, 2.05) is 6.07 Å². The molecule has 5 rings (SSSR count). The normalized spacial score (nSPS) is 16.5. The molecule has 11 heteroatoms. The molecular formula is C22H29N7O4. The lowest BCUT2D eigenvalue weighted by Gasteiger charge is -2.24. The molecule has 3 aromatic heterocycles. The zero-order valence-corrected chi connectivity index (χ0v) is 18.5. The number of hydrogen-bond acceptors (Lipinski definition) is 8. The second kappa shape index (κ2) is 10.0. The molecule has 1 saturated heterocycles. The number of nitrogens with zero attached hydrogens (tertiary/aromatic N) is 4. The van der Waals surface area contributed by atoms with Crippen LogP contribution in [0.15, 0.2) is 35.4 Å². The number of aliphatic hydroxyl groups excluding tert-OH is 1. The van der Waals surface area contributed by atoms with E-state index < -0.39 is 5.91 Å². The molecule has 1 aliphatic heterocycles. The maximum atomic E-state index is 12.9. The average molecular weight is 456 g/mol. The molecule has 2 fully saturated rings. The summed E-state index contributed by atoms with van der Waals surface area (Å²) in [5, 5.41) is 18.6. The number of aliphatic hydroxyl groups is 1. The van der Waals surface area contributed by atoms with E-state index in [2.05, 4.69) is 20.7 Å². The van der Waals surface area contributed by atoms with Crippen molar-refractivity contribution in [3.8, 4) is 0 Å². The Morgan fingerprint density at radius 1 is 1.27 bits per heavy atom. The standard InChI is InChI=1S/C18H21N7O3.C4H8O/c1-20-15-9-14(23-17-12(16(19)26)10-21-25(15)17)22-13-3-2-6-24(18(13)27)11-4-7-28-8-5-11;5-4-2-1-3-4/h2-3,6,9-11,20H,4-5,7-8H2,1H3,(H2,19,26)(H,22,23);4-5H,1-3H2. The number of rotatable bonds is 5. The van der Waals surface area contributed by atoms with Crippen LogP contribution in [0.2, 0.25) is 0 Å². The summed E-state index contributed by atoms with van der Waals surface area (Å²) in [5.74, 6) is 0.380. The van der Waals surface area contributed by atoms with Crippen LogP contribution in [0.1, 0.15) is 48.5 Å². The van der Waals surface area contributed by atoms with Crippen molar-refractivity contribution in [3.63, 3.8) is 0 Å². The number of aromatic nitrogens is 4. The van der Waals surface area contributed by atoms with Crippen LogP contribution >= 0.6 is 0 Å². The molecule has 5 N–H and O–H groups in total. The molecule has 11 nitrogen and oxygen atoms in total. The summed E-state index contributed by atoms with van der Waals surface area (Å²) in [6.45, 7) is 1.30. The third-order valence-corrected chi connectivity index (χ3v) is 5.89. The fraction of sp³-hybridized carbons (Fsp3) is 0.455. The Morgan fingerprint density at radius 2 is 2.00 bits per heavy atom. The molecule has 3 aromatic rings. The molecule has 0 bridgehead atoms. The number of carbonyl (C=O) groups is 1. The molecule has 0 aromatic carbocycles. The number of anilines is 3. The zero-order valence-electron chi connectivity index (χ0n) is 18.5. The number of primary amides is 1. The quantitative estimate of drug-likeness (QED) is 0.454. The van der Waals surface area contributed by atoms with Crippen LogP contribution in [0.5, 0.6) is 0 Å². The number of nitrogens with two attached hydrogens (primary N) is 1. The van der Waals surface area contributed by atoms with Crippen molar-refractivity contribution in [3.05, 3.63) is 46.5 Å². The van der Waals surface area contributed by atoms with Gasteiger partial charge in [-0.15, -0.1) is 0 Å². The van der Waals surface area contributed by atoms with E-state index in [0.29, 0.717) is 36.2 Å². The van der Waals surface area contributed by atoms with Gasteiger partial charge in [-0.25, -0.2) is 4.98 Å². The third kappa shape index (κ3) is 4.99. The second-order valence-corrected chi connectivity index (χ2v) is 8.12. The van der Waals surface area contributed by atoms with Crippen LogP contribution in [0, 0.1) is 0 Å². The largest absolute Gasteiger partial charge is 0.393 e. The minimum Gasteiger partial charge on any atom is -0.393 e. The molecule has 1 aliphatic carbocycles. The number of pyridine rings is 1. The lowest BCUT2D eigenvalue weighted by molar-refractivity contribution is 0.0687. The number of ether oxygens (including phenoxy) is 1. The summed E-state index contributed by atoms with van der Waals surface area (Å²) in [5.41, 5.74) is 6.18. The van der Waals surface area contributed by atoms with E-state index >= 15 is 0 Å². The van der Waals surface area contributed by atoms with Gasteiger partial charge in [-0.1, -0.05) is 0 Å². The maximum absolute atomic E-state index is 12.9. The van der Waals surface area contributed by atoms with E-state index in [1.54, 1.807) is 29.9 Å². The number of amides is 1. The highest BCUT2D eigenvalue weighted by atomic mass is 16.5. The smallest absolute Gasteiger partial charge is 0.274 e.